The summed E-state index contributed by atoms with van der Waals surface area (Å²) >= 11 is 0. The van der Waals surface area contributed by atoms with Gasteiger partial charge >= 0.3 is 0 Å². The Kier molecular flexibility index (Phi) is 3.14. The van der Waals surface area contributed by atoms with E-state index < -0.39 is 0 Å². The highest BCUT2D eigenvalue weighted by Gasteiger charge is 2.06. The predicted octanol–water partition coefficient (Wildman–Crippen LogP) is 2.77. The molecule has 17 heavy (non-hydrogen) atoms. The summed E-state index contributed by atoms with van der Waals surface area (Å²) < 4.78 is 10.8. The Morgan fingerprint density at radius 1 is 1.24 bits per heavy atom. The third kappa shape index (κ3) is 2.47. The molecule has 0 spiro atoms. The number of hydrogen-bond donors (Lipinski definition) is 1. The van der Waals surface area contributed by atoms with E-state index in [9.17, 15) is 0 Å². The van der Waals surface area contributed by atoms with Gasteiger partial charge in [0.1, 0.15) is 5.75 Å². The molecule has 4 nitrogen and oxygen atoms in total. The Labute approximate surface area is 100 Å². The number of ether oxygens (including phenoxy) is 2. The van der Waals surface area contributed by atoms with E-state index in [2.05, 4.69) is 4.98 Å². The Balaban J connectivity index is 2.28. The lowest BCUT2D eigenvalue weighted by Crippen LogP contribution is -1.94. The quantitative estimate of drug-likeness (QED) is 0.824. The Hall–Kier alpha value is -2.23. The van der Waals surface area contributed by atoms with Crippen molar-refractivity contribution >= 4 is 5.69 Å². The number of nitrogens with two attached hydrogens (primary N) is 1. The van der Waals surface area contributed by atoms with Crippen molar-refractivity contribution < 1.29 is 9.47 Å². The van der Waals surface area contributed by atoms with Crippen LogP contribution in [0.4, 0.5) is 5.69 Å². The summed E-state index contributed by atoms with van der Waals surface area (Å²) in [5.74, 6) is 1.73. The normalized spacial score (nSPS) is 10.0. The number of nitrogens with zero attached hydrogens (tertiary/aromatic N) is 1. The third-order valence-electron chi connectivity index (χ3n) is 2.41. The maximum absolute atomic E-state index is 5.74. The van der Waals surface area contributed by atoms with Crippen molar-refractivity contribution in [3.8, 4) is 17.4 Å². The molecule has 0 bridgehead atoms. The van der Waals surface area contributed by atoms with Crippen molar-refractivity contribution in [2.75, 3.05) is 12.8 Å². The van der Waals surface area contributed by atoms with Crippen LogP contribution in [0.15, 0.2) is 36.5 Å². The molecular weight excluding hydrogens is 216 g/mol. The van der Waals surface area contributed by atoms with E-state index in [4.69, 9.17) is 15.2 Å². The first kappa shape index (κ1) is 11.3. The molecule has 0 fully saturated rings. The molecule has 1 aromatic carbocycles. The van der Waals surface area contributed by atoms with Crippen LogP contribution in [0, 0.1) is 6.92 Å². The molecule has 1 aromatic heterocycles. The molecule has 1 heterocycles. The summed E-state index contributed by atoms with van der Waals surface area (Å²) in [5, 5.41) is 0. The molecule has 2 rings (SSSR count). The van der Waals surface area contributed by atoms with Crippen LogP contribution in [0.5, 0.6) is 17.4 Å². The maximum Gasteiger partial charge on any atom is 0.262 e. The predicted molar refractivity (Wildman–Crippen MR) is 66.5 cm³/mol. The summed E-state index contributed by atoms with van der Waals surface area (Å²) in [4.78, 5) is 4.12. The van der Waals surface area contributed by atoms with Crippen molar-refractivity contribution in [3.63, 3.8) is 0 Å². The average Bonchev–Trinajstić information content (AvgIpc) is 2.34. The molecule has 0 aliphatic rings. The summed E-state index contributed by atoms with van der Waals surface area (Å²) in [6.07, 6.45) is 1.65. The van der Waals surface area contributed by atoms with Gasteiger partial charge in [0.15, 0.2) is 5.75 Å². The van der Waals surface area contributed by atoms with Gasteiger partial charge in [0.2, 0.25) is 0 Å². The molecule has 0 saturated carbocycles. The van der Waals surface area contributed by atoms with Gasteiger partial charge in [-0.25, -0.2) is 4.98 Å². The zero-order valence-electron chi connectivity index (χ0n) is 9.81. The van der Waals surface area contributed by atoms with Crippen LogP contribution in [0.1, 0.15) is 5.56 Å². The SMILES string of the molecule is COc1cccnc1Oc1ccc(N)c(C)c1. The highest BCUT2D eigenvalue weighted by Crippen LogP contribution is 2.29. The van der Waals surface area contributed by atoms with Crippen LogP contribution < -0.4 is 15.2 Å². The van der Waals surface area contributed by atoms with Crippen LogP contribution >= 0.6 is 0 Å². The number of benzene rings is 1. The molecular formula is C13H14N2O2. The van der Waals surface area contributed by atoms with Gasteiger partial charge in [0, 0.05) is 11.9 Å². The largest absolute Gasteiger partial charge is 0.491 e. The fourth-order valence-corrected chi connectivity index (χ4v) is 1.43. The van der Waals surface area contributed by atoms with E-state index in [0.29, 0.717) is 17.4 Å². The van der Waals surface area contributed by atoms with Crippen molar-refractivity contribution in [3.05, 3.63) is 42.1 Å². The number of anilines is 1. The van der Waals surface area contributed by atoms with Crippen molar-refractivity contribution in [2.24, 2.45) is 0 Å². The fraction of sp³-hybridized carbons (Fsp3) is 0.154. The van der Waals surface area contributed by atoms with Gasteiger partial charge in [0.25, 0.3) is 5.88 Å². The van der Waals surface area contributed by atoms with Crippen LogP contribution in [0.3, 0.4) is 0 Å². The number of aryl methyl sites for hydroxylation is 1. The minimum absolute atomic E-state index is 0.444. The Morgan fingerprint density at radius 3 is 2.76 bits per heavy atom. The lowest BCUT2D eigenvalue weighted by Gasteiger charge is -2.09. The molecule has 2 aromatic rings. The second-order valence-corrected chi connectivity index (χ2v) is 3.63. The average molecular weight is 230 g/mol. The van der Waals surface area contributed by atoms with Gasteiger partial charge < -0.3 is 15.2 Å². The number of rotatable bonds is 3. The van der Waals surface area contributed by atoms with E-state index in [1.54, 1.807) is 37.6 Å². The third-order valence-corrected chi connectivity index (χ3v) is 2.41. The molecule has 0 aliphatic carbocycles. The Morgan fingerprint density at radius 2 is 2.06 bits per heavy atom. The monoisotopic (exact) mass is 230 g/mol. The van der Waals surface area contributed by atoms with E-state index >= 15 is 0 Å². The standard InChI is InChI=1S/C13H14N2O2/c1-9-8-10(5-6-11(9)14)17-13-12(16-2)4-3-7-15-13/h3-8H,14H2,1-2H3. The molecule has 0 saturated heterocycles. The van der Waals surface area contributed by atoms with Crippen LogP contribution in [-0.2, 0) is 0 Å². The Bertz CT molecular complexity index is 527. The van der Waals surface area contributed by atoms with Crippen LogP contribution in [0.2, 0.25) is 0 Å². The minimum atomic E-state index is 0.444. The van der Waals surface area contributed by atoms with Gasteiger partial charge in [-0.05, 0) is 42.8 Å². The number of pyridine rings is 1. The highest BCUT2D eigenvalue weighted by atomic mass is 16.5. The molecule has 0 amide bonds. The van der Waals surface area contributed by atoms with Crippen molar-refractivity contribution in [1.82, 2.24) is 4.98 Å². The molecule has 4 heteroatoms. The minimum Gasteiger partial charge on any atom is -0.491 e. The molecule has 0 aliphatic heterocycles. The first-order chi connectivity index (χ1) is 8.20. The lowest BCUT2D eigenvalue weighted by molar-refractivity contribution is 0.369. The summed E-state index contributed by atoms with van der Waals surface area (Å²) in [5.41, 5.74) is 7.45. The molecule has 88 valence electrons. The van der Waals surface area contributed by atoms with Gasteiger partial charge in [-0.2, -0.15) is 0 Å². The first-order valence-corrected chi connectivity index (χ1v) is 5.23. The van der Waals surface area contributed by atoms with E-state index in [-0.39, 0.29) is 0 Å². The molecule has 0 radical (unpaired) electrons. The van der Waals surface area contributed by atoms with E-state index in [0.717, 1.165) is 11.3 Å². The topological polar surface area (TPSA) is 57.4 Å². The number of hydrogen-bond acceptors (Lipinski definition) is 4. The molecule has 2 N–H and O–H groups in total. The molecule has 0 unspecified atom stereocenters. The van der Waals surface area contributed by atoms with Gasteiger partial charge in [-0.1, -0.05) is 0 Å². The second kappa shape index (κ2) is 4.74. The van der Waals surface area contributed by atoms with Crippen LogP contribution in [-0.4, -0.2) is 12.1 Å². The maximum atomic E-state index is 5.74. The highest BCUT2D eigenvalue weighted by molar-refractivity contribution is 5.50. The van der Waals surface area contributed by atoms with Gasteiger partial charge in [-0.3, -0.25) is 0 Å². The molecule has 0 atom stereocenters. The fourth-order valence-electron chi connectivity index (χ4n) is 1.43. The lowest BCUT2D eigenvalue weighted by atomic mass is 10.2. The number of nitrogen functional groups attached to an aromatic ring is 1. The number of methoxy groups -OCH3 is 1. The zero-order chi connectivity index (χ0) is 12.3. The first-order valence-electron chi connectivity index (χ1n) is 5.23. The number of aromatic nitrogens is 1. The van der Waals surface area contributed by atoms with Gasteiger partial charge in [-0.15, -0.1) is 0 Å². The van der Waals surface area contributed by atoms with Crippen molar-refractivity contribution in [2.45, 2.75) is 6.92 Å². The van der Waals surface area contributed by atoms with E-state index in [1.165, 1.54) is 0 Å². The summed E-state index contributed by atoms with van der Waals surface area (Å²) in [6.45, 7) is 1.93. The second-order valence-electron chi connectivity index (χ2n) is 3.63. The summed E-state index contributed by atoms with van der Waals surface area (Å²) in [6, 6.07) is 9.06. The van der Waals surface area contributed by atoms with Crippen LogP contribution in [0.25, 0.3) is 0 Å². The van der Waals surface area contributed by atoms with Crippen molar-refractivity contribution in [1.29, 1.82) is 0 Å². The zero-order valence-corrected chi connectivity index (χ0v) is 9.81. The smallest absolute Gasteiger partial charge is 0.262 e. The van der Waals surface area contributed by atoms with Gasteiger partial charge in [0.05, 0.1) is 7.11 Å². The van der Waals surface area contributed by atoms with E-state index in [1.807, 2.05) is 13.0 Å². The summed E-state index contributed by atoms with van der Waals surface area (Å²) in [7, 11) is 1.58.